The van der Waals surface area contributed by atoms with Gasteiger partial charge >= 0.3 is 0 Å². The fraction of sp³-hybridized carbons (Fsp3) is 0.769. The van der Waals surface area contributed by atoms with Gasteiger partial charge in [-0.15, -0.1) is 0 Å². The molecule has 0 saturated heterocycles. The molecule has 3 nitrogen and oxygen atoms in total. The molecule has 0 aliphatic carbocycles. The van der Waals surface area contributed by atoms with Crippen LogP contribution in [0.15, 0.2) is 12.4 Å². The van der Waals surface area contributed by atoms with Gasteiger partial charge in [0.25, 0.3) is 0 Å². The molecule has 92 valence electrons. The van der Waals surface area contributed by atoms with E-state index in [0.717, 1.165) is 13.0 Å². The van der Waals surface area contributed by atoms with Crippen LogP contribution in [0.5, 0.6) is 0 Å². The highest BCUT2D eigenvalue weighted by Gasteiger charge is 2.03. The first-order chi connectivity index (χ1) is 7.76. The quantitative estimate of drug-likeness (QED) is 0.686. The first-order valence-corrected chi connectivity index (χ1v) is 6.47. The van der Waals surface area contributed by atoms with E-state index >= 15 is 0 Å². The van der Waals surface area contributed by atoms with Crippen molar-refractivity contribution in [1.82, 2.24) is 15.1 Å². The molecule has 0 aliphatic heterocycles. The predicted octanol–water partition coefficient (Wildman–Crippen LogP) is 2.52. The smallest absolute Gasteiger partial charge is 0.0521 e. The van der Waals surface area contributed by atoms with Crippen molar-refractivity contribution in [3.05, 3.63) is 18.0 Å². The maximum atomic E-state index is 4.18. The van der Waals surface area contributed by atoms with Crippen LogP contribution in [0.3, 0.4) is 0 Å². The molecule has 1 atom stereocenters. The van der Waals surface area contributed by atoms with Crippen LogP contribution in [0.2, 0.25) is 0 Å². The number of aromatic nitrogens is 2. The van der Waals surface area contributed by atoms with Crippen molar-refractivity contribution in [3.63, 3.8) is 0 Å². The monoisotopic (exact) mass is 223 g/mol. The summed E-state index contributed by atoms with van der Waals surface area (Å²) in [5, 5.41) is 7.70. The Morgan fingerprint density at radius 3 is 2.75 bits per heavy atom. The third kappa shape index (κ3) is 4.79. The lowest BCUT2D eigenvalue weighted by Crippen LogP contribution is -2.27. The Morgan fingerprint density at radius 2 is 2.19 bits per heavy atom. The highest BCUT2D eigenvalue weighted by Crippen LogP contribution is 2.08. The highest BCUT2D eigenvalue weighted by atomic mass is 15.2. The lowest BCUT2D eigenvalue weighted by Gasteiger charge is -2.14. The maximum absolute atomic E-state index is 4.18. The minimum Gasteiger partial charge on any atom is -0.314 e. The minimum atomic E-state index is 0.707. The Morgan fingerprint density at radius 1 is 1.38 bits per heavy atom. The number of hydrogen-bond donors (Lipinski definition) is 1. The van der Waals surface area contributed by atoms with Crippen LogP contribution in [-0.4, -0.2) is 22.4 Å². The summed E-state index contributed by atoms with van der Waals surface area (Å²) < 4.78 is 1.88. The lowest BCUT2D eigenvalue weighted by molar-refractivity contribution is 0.460. The minimum absolute atomic E-state index is 0.707. The summed E-state index contributed by atoms with van der Waals surface area (Å²) in [7, 11) is 1.97. The van der Waals surface area contributed by atoms with Crippen molar-refractivity contribution >= 4 is 0 Å². The van der Waals surface area contributed by atoms with E-state index < -0.39 is 0 Å². The number of nitrogens with one attached hydrogen (secondary N) is 1. The van der Waals surface area contributed by atoms with Gasteiger partial charge in [-0.1, -0.05) is 20.3 Å². The van der Waals surface area contributed by atoms with Gasteiger partial charge < -0.3 is 5.32 Å². The van der Waals surface area contributed by atoms with Crippen LogP contribution in [0.25, 0.3) is 0 Å². The summed E-state index contributed by atoms with van der Waals surface area (Å²) in [4.78, 5) is 0. The van der Waals surface area contributed by atoms with Crippen LogP contribution in [0.4, 0.5) is 0 Å². The lowest BCUT2D eigenvalue weighted by atomic mass is 10.0. The Labute approximate surface area is 99.2 Å². The van der Waals surface area contributed by atoms with E-state index in [2.05, 4.69) is 30.5 Å². The zero-order valence-electron chi connectivity index (χ0n) is 10.9. The van der Waals surface area contributed by atoms with E-state index in [1.807, 2.05) is 17.9 Å². The second kappa shape index (κ2) is 7.44. The van der Waals surface area contributed by atoms with Crippen LogP contribution in [-0.2, 0) is 13.5 Å². The molecular formula is C13H25N3. The molecule has 0 spiro atoms. The topological polar surface area (TPSA) is 29.9 Å². The standard InChI is InChI=1S/C13H25N3/c1-4-13(14-5-2)9-7-6-8-12-10-15-16(3)11-12/h10-11,13-14H,4-9H2,1-3H3. The van der Waals surface area contributed by atoms with Crippen molar-refractivity contribution < 1.29 is 0 Å². The van der Waals surface area contributed by atoms with E-state index in [0.29, 0.717) is 6.04 Å². The Kier molecular flexibility index (Phi) is 6.16. The van der Waals surface area contributed by atoms with E-state index in [-0.39, 0.29) is 0 Å². The van der Waals surface area contributed by atoms with Crippen molar-refractivity contribution in [2.24, 2.45) is 7.05 Å². The van der Waals surface area contributed by atoms with Gasteiger partial charge in [0, 0.05) is 19.3 Å². The molecule has 0 saturated carbocycles. The molecule has 0 fully saturated rings. The zero-order chi connectivity index (χ0) is 11.8. The van der Waals surface area contributed by atoms with Gasteiger partial charge in [0.15, 0.2) is 0 Å². The van der Waals surface area contributed by atoms with Gasteiger partial charge in [0.05, 0.1) is 6.20 Å². The van der Waals surface area contributed by atoms with Gasteiger partial charge in [-0.25, -0.2) is 0 Å². The summed E-state index contributed by atoms with van der Waals surface area (Å²) in [6.07, 6.45) is 10.4. The third-order valence-corrected chi connectivity index (χ3v) is 3.01. The van der Waals surface area contributed by atoms with Crippen LogP contribution in [0, 0.1) is 0 Å². The van der Waals surface area contributed by atoms with Crippen molar-refractivity contribution in [1.29, 1.82) is 0 Å². The van der Waals surface area contributed by atoms with Gasteiger partial charge in [-0.2, -0.15) is 5.10 Å². The molecule has 0 aliphatic rings. The Hall–Kier alpha value is -0.830. The van der Waals surface area contributed by atoms with E-state index in [9.17, 15) is 0 Å². The van der Waals surface area contributed by atoms with Gasteiger partial charge in [0.1, 0.15) is 0 Å². The van der Waals surface area contributed by atoms with Crippen molar-refractivity contribution in [2.45, 2.75) is 52.0 Å². The van der Waals surface area contributed by atoms with Crippen LogP contribution in [0.1, 0.15) is 45.1 Å². The van der Waals surface area contributed by atoms with Crippen LogP contribution < -0.4 is 5.32 Å². The van der Waals surface area contributed by atoms with Gasteiger partial charge in [0.2, 0.25) is 0 Å². The zero-order valence-corrected chi connectivity index (χ0v) is 10.9. The van der Waals surface area contributed by atoms with Crippen molar-refractivity contribution in [3.8, 4) is 0 Å². The molecule has 0 bridgehead atoms. The van der Waals surface area contributed by atoms with E-state index in [1.54, 1.807) is 0 Å². The molecule has 1 aromatic rings. The molecule has 1 unspecified atom stereocenters. The largest absolute Gasteiger partial charge is 0.314 e. The molecule has 0 radical (unpaired) electrons. The number of aryl methyl sites for hydroxylation is 2. The fourth-order valence-electron chi connectivity index (χ4n) is 2.06. The predicted molar refractivity (Wildman–Crippen MR) is 68.5 cm³/mol. The third-order valence-electron chi connectivity index (χ3n) is 3.01. The average molecular weight is 223 g/mol. The average Bonchev–Trinajstić information content (AvgIpc) is 2.69. The molecule has 1 heterocycles. The SMILES string of the molecule is CCNC(CC)CCCCc1cnn(C)c1. The molecule has 1 aromatic heterocycles. The van der Waals surface area contributed by atoms with Gasteiger partial charge in [-0.05, 0) is 37.8 Å². The highest BCUT2D eigenvalue weighted by molar-refractivity contribution is 5.03. The number of rotatable bonds is 8. The molecule has 1 N–H and O–H groups in total. The Balaban J connectivity index is 2.11. The number of nitrogens with zero attached hydrogens (tertiary/aromatic N) is 2. The molecule has 16 heavy (non-hydrogen) atoms. The normalized spacial score (nSPS) is 12.9. The first kappa shape index (κ1) is 13.2. The molecule has 1 rings (SSSR count). The second-order valence-electron chi connectivity index (χ2n) is 4.43. The molecule has 0 aromatic carbocycles. The van der Waals surface area contributed by atoms with Crippen molar-refractivity contribution in [2.75, 3.05) is 6.54 Å². The molecular weight excluding hydrogens is 198 g/mol. The van der Waals surface area contributed by atoms with Crippen LogP contribution >= 0.6 is 0 Å². The number of unbranched alkanes of at least 4 members (excludes halogenated alkanes) is 1. The summed E-state index contributed by atoms with van der Waals surface area (Å²) in [6.45, 7) is 5.52. The first-order valence-electron chi connectivity index (χ1n) is 6.47. The maximum Gasteiger partial charge on any atom is 0.0521 e. The van der Waals surface area contributed by atoms with E-state index in [4.69, 9.17) is 0 Å². The number of hydrogen-bond acceptors (Lipinski definition) is 2. The van der Waals surface area contributed by atoms with E-state index in [1.165, 1.54) is 31.2 Å². The van der Waals surface area contributed by atoms with Gasteiger partial charge in [-0.3, -0.25) is 4.68 Å². The second-order valence-corrected chi connectivity index (χ2v) is 4.43. The summed E-state index contributed by atoms with van der Waals surface area (Å²) in [5.41, 5.74) is 1.36. The summed E-state index contributed by atoms with van der Waals surface area (Å²) >= 11 is 0. The fourth-order valence-corrected chi connectivity index (χ4v) is 2.06. The molecule has 3 heteroatoms. The Bertz CT molecular complexity index is 280. The summed E-state index contributed by atoms with van der Waals surface area (Å²) in [5.74, 6) is 0. The summed E-state index contributed by atoms with van der Waals surface area (Å²) in [6, 6.07) is 0.707. The molecule has 0 amide bonds.